The van der Waals surface area contributed by atoms with E-state index in [2.05, 4.69) is 41.5 Å². The normalized spacial score (nSPS) is 12.2. The van der Waals surface area contributed by atoms with Crippen molar-refractivity contribution in [1.29, 1.82) is 0 Å². The molecule has 0 amide bonds. The summed E-state index contributed by atoms with van der Waals surface area (Å²) in [6.07, 6.45) is 42.5. The summed E-state index contributed by atoms with van der Waals surface area (Å²) in [4.78, 5) is 37.9. The molecule has 6 heteroatoms. The molecule has 0 aromatic heterocycles. The quantitative estimate of drug-likeness (QED) is 0.0346. The molecule has 0 saturated carbocycles. The fraction of sp³-hybridized carbons (Fsp3) is 0.942. The Morgan fingerprint density at radius 1 is 0.293 bits per heavy atom. The highest BCUT2D eigenvalue weighted by Gasteiger charge is 2.19. The Hall–Kier alpha value is -1.59. The topological polar surface area (TPSA) is 78.9 Å². The third-order valence-corrected chi connectivity index (χ3v) is 11.6. The van der Waals surface area contributed by atoms with Crippen LogP contribution in [0.2, 0.25) is 0 Å². The summed E-state index contributed by atoms with van der Waals surface area (Å²) in [6.45, 7) is 13.7. The highest BCUT2D eigenvalue weighted by Crippen LogP contribution is 2.17. The fourth-order valence-electron chi connectivity index (χ4n) is 7.76. The van der Waals surface area contributed by atoms with Gasteiger partial charge < -0.3 is 14.2 Å². The minimum Gasteiger partial charge on any atom is -0.462 e. The number of ether oxygens (including phenoxy) is 3. The van der Waals surface area contributed by atoms with Crippen LogP contribution in [0.1, 0.15) is 279 Å². The highest BCUT2D eigenvalue weighted by molar-refractivity contribution is 5.71. The van der Waals surface area contributed by atoms with Gasteiger partial charge in [0.25, 0.3) is 0 Å². The zero-order valence-electron chi connectivity index (χ0n) is 39.8. The number of hydrogen-bond donors (Lipinski definition) is 0. The molecule has 0 N–H and O–H groups in total. The van der Waals surface area contributed by atoms with E-state index in [1.807, 2.05) is 0 Å². The van der Waals surface area contributed by atoms with Crippen LogP contribution in [0.15, 0.2) is 0 Å². The van der Waals surface area contributed by atoms with Gasteiger partial charge in [-0.2, -0.15) is 0 Å². The number of carbonyl (C=O) groups excluding carboxylic acids is 3. The van der Waals surface area contributed by atoms with E-state index in [1.54, 1.807) is 0 Å². The Kier molecular flexibility index (Phi) is 42.3. The second-order valence-electron chi connectivity index (χ2n) is 19.2. The van der Waals surface area contributed by atoms with Gasteiger partial charge in [0.15, 0.2) is 6.10 Å². The summed E-state index contributed by atoms with van der Waals surface area (Å²) in [5.41, 5.74) is 0. The van der Waals surface area contributed by atoms with E-state index in [0.717, 1.165) is 75.5 Å². The average Bonchev–Trinajstić information content (AvgIpc) is 3.18. The number of rotatable bonds is 45. The van der Waals surface area contributed by atoms with Gasteiger partial charge in [-0.15, -0.1) is 0 Å². The molecule has 6 nitrogen and oxygen atoms in total. The largest absolute Gasteiger partial charge is 0.462 e. The summed E-state index contributed by atoms with van der Waals surface area (Å²) < 4.78 is 16.8. The molecule has 0 heterocycles. The molecule has 0 aromatic rings. The van der Waals surface area contributed by atoms with Crippen LogP contribution in [-0.4, -0.2) is 37.2 Å². The molecule has 58 heavy (non-hydrogen) atoms. The van der Waals surface area contributed by atoms with Gasteiger partial charge in [-0.05, 0) is 37.0 Å². The number of esters is 3. The molecule has 0 aliphatic carbocycles. The van der Waals surface area contributed by atoms with Crippen LogP contribution in [0.4, 0.5) is 0 Å². The monoisotopic (exact) mass is 821 g/mol. The summed E-state index contributed by atoms with van der Waals surface area (Å²) in [5.74, 6) is 1.58. The smallest absolute Gasteiger partial charge is 0.306 e. The van der Waals surface area contributed by atoms with E-state index < -0.39 is 6.10 Å². The van der Waals surface area contributed by atoms with Gasteiger partial charge in [-0.3, -0.25) is 14.4 Å². The Morgan fingerprint density at radius 3 is 0.741 bits per heavy atom. The van der Waals surface area contributed by atoms with Crippen molar-refractivity contribution in [1.82, 2.24) is 0 Å². The molecule has 0 aliphatic heterocycles. The molecule has 0 unspecified atom stereocenters. The van der Waals surface area contributed by atoms with Crippen molar-refractivity contribution in [2.75, 3.05) is 13.2 Å². The number of hydrogen-bond acceptors (Lipinski definition) is 6. The van der Waals surface area contributed by atoms with Crippen LogP contribution in [0.3, 0.4) is 0 Å². The van der Waals surface area contributed by atoms with Gasteiger partial charge in [0.05, 0.1) is 0 Å². The van der Waals surface area contributed by atoms with Crippen LogP contribution < -0.4 is 0 Å². The Labute approximate surface area is 361 Å². The van der Waals surface area contributed by atoms with E-state index in [4.69, 9.17) is 14.2 Å². The first-order chi connectivity index (χ1) is 28.1. The van der Waals surface area contributed by atoms with Crippen molar-refractivity contribution in [3.63, 3.8) is 0 Å². The summed E-state index contributed by atoms with van der Waals surface area (Å²) in [6, 6.07) is 0. The third kappa shape index (κ3) is 45.5. The highest BCUT2D eigenvalue weighted by atomic mass is 16.6. The molecular weight excluding hydrogens is 721 g/mol. The maximum Gasteiger partial charge on any atom is 0.306 e. The molecule has 0 aliphatic rings. The van der Waals surface area contributed by atoms with Gasteiger partial charge >= 0.3 is 17.9 Å². The molecule has 0 saturated heterocycles. The Morgan fingerprint density at radius 2 is 0.500 bits per heavy atom. The van der Waals surface area contributed by atoms with E-state index in [9.17, 15) is 14.4 Å². The Balaban J connectivity index is 4.27. The maximum atomic E-state index is 12.8. The maximum absolute atomic E-state index is 12.8. The van der Waals surface area contributed by atoms with Crippen LogP contribution >= 0.6 is 0 Å². The van der Waals surface area contributed by atoms with E-state index in [1.165, 1.54) is 161 Å². The van der Waals surface area contributed by atoms with Crippen molar-refractivity contribution in [2.24, 2.45) is 17.8 Å². The van der Waals surface area contributed by atoms with Crippen LogP contribution in [0.5, 0.6) is 0 Å². The average molecular weight is 821 g/mol. The molecule has 0 rings (SSSR count). The van der Waals surface area contributed by atoms with Gasteiger partial charge in [0, 0.05) is 19.3 Å². The molecule has 1 atom stereocenters. The molecule has 0 bridgehead atoms. The first-order valence-electron chi connectivity index (χ1n) is 25.6. The summed E-state index contributed by atoms with van der Waals surface area (Å²) in [7, 11) is 0. The fourth-order valence-corrected chi connectivity index (χ4v) is 7.76. The van der Waals surface area contributed by atoms with Gasteiger partial charge in [0.2, 0.25) is 0 Å². The first-order valence-corrected chi connectivity index (χ1v) is 25.6. The number of unbranched alkanes of at least 4 members (excludes halogenated alkanes) is 28. The summed E-state index contributed by atoms with van der Waals surface area (Å²) in [5, 5.41) is 0. The van der Waals surface area contributed by atoms with Crippen LogP contribution in [0.25, 0.3) is 0 Å². The lowest BCUT2D eigenvalue weighted by atomic mass is 10.0. The van der Waals surface area contributed by atoms with E-state index in [0.29, 0.717) is 19.3 Å². The lowest BCUT2D eigenvalue weighted by molar-refractivity contribution is -0.167. The van der Waals surface area contributed by atoms with Crippen molar-refractivity contribution in [2.45, 2.75) is 285 Å². The molecule has 344 valence electrons. The zero-order valence-corrected chi connectivity index (χ0v) is 39.8. The molecular formula is C52H100O6. The molecule has 0 fully saturated rings. The van der Waals surface area contributed by atoms with Gasteiger partial charge in [0.1, 0.15) is 13.2 Å². The van der Waals surface area contributed by atoms with E-state index >= 15 is 0 Å². The van der Waals surface area contributed by atoms with Crippen LogP contribution in [0, 0.1) is 17.8 Å². The predicted molar refractivity (Wildman–Crippen MR) is 247 cm³/mol. The Bertz CT molecular complexity index is 898. The van der Waals surface area contributed by atoms with E-state index in [-0.39, 0.29) is 31.1 Å². The molecule has 0 radical (unpaired) electrons. The molecule has 0 aromatic carbocycles. The lowest BCUT2D eigenvalue weighted by Gasteiger charge is -2.18. The van der Waals surface area contributed by atoms with Crippen molar-refractivity contribution < 1.29 is 28.6 Å². The van der Waals surface area contributed by atoms with Crippen molar-refractivity contribution in [3.8, 4) is 0 Å². The lowest BCUT2D eigenvalue weighted by Crippen LogP contribution is -2.30. The minimum atomic E-state index is -0.763. The van der Waals surface area contributed by atoms with Gasteiger partial charge in [-0.25, -0.2) is 0 Å². The second-order valence-corrected chi connectivity index (χ2v) is 19.2. The number of carbonyl (C=O) groups is 3. The SMILES string of the molecule is CC(C)CCCCCCCCCCCCCCCCC(=O)O[C@H](COC(=O)CCCCCCCCCCCCCC(C)C)COC(=O)CCCCCCCCC(C)C. The standard InChI is InChI=1S/C52H100O6/c1-46(2)38-32-26-20-16-12-9-7-8-10-14-19-23-31-37-43-52(55)58-49(45-57-51(54)42-36-30-25-24-28-34-40-48(5)6)44-56-50(53)41-35-29-22-18-15-11-13-17-21-27-33-39-47(3)4/h46-49H,7-45H2,1-6H3/t49-/m1/s1. The van der Waals surface area contributed by atoms with Gasteiger partial charge in [-0.1, -0.05) is 241 Å². The minimum absolute atomic E-state index is 0.0655. The van der Waals surface area contributed by atoms with Crippen molar-refractivity contribution in [3.05, 3.63) is 0 Å². The van der Waals surface area contributed by atoms with Crippen LogP contribution in [-0.2, 0) is 28.6 Å². The molecule has 0 spiro atoms. The predicted octanol–water partition coefficient (Wildman–Crippen LogP) is 16.4. The second kappa shape index (κ2) is 43.5. The first kappa shape index (κ1) is 56.4. The van der Waals surface area contributed by atoms with Crippen molar-refractivity contribution >= 4 is 17.9 Å². The third-order valence-electron chi connectivity index (χ3n) is 11.6. The zero-order chi connectivity index (χ0) is 42.7. The summed E-state index contributed by atoms with van der Waals surface area (Å²) >= 11 is 0.